The van der Waals surface area contributed by atoms with Crippen molar-refractivity contribution in [1.29, 1.82) is 0 Å². The van der Waals surface area contributed by atoms with Gasteiger partial charge in [-0.3, -0.25) is 9.30 Å². The number of fused-ring (bicyclic) bond motifs is 3. The smallest absolute Gasteiger partial charge is 0.214 e. The Labute approximate surface area is 150 Å². The third-order valence-corrected chi connectivity index (χ3v) is 5.62. The monoisotopic (exact) mass is 349 g/mol. The highest BCUT2D eigenvalue weighted by atomic mass is 32.1. The lowest BCUT2D eigenvalue weighted by Gasteiger charge is -2.35. The molecule has 0 aliphatic carbocycles. The predicted molar refractivity (Wildman–Crippen MR) is 102 cm³/mol. The van der Waals surface area contributed by atoms with Gasteiger partial charge in [-0.1, -0.05) is 30.3 Å². The maximum Gasteiger partial charge on any atom is 0.214 e. The summed E-state index contributed by atoms with van der Waals surface area (Å²) in [4.78, 5) is 10.6. The molecule has 0 unspecified atom stereocenters. The van der Waals surface area contributed by atoms with Crippen molar-refractivity contribution in [1.82, 2.24) is 18.7 Å². The summed E-state index contributed by atoms with van der Waals surface area (Å²) in [5, 5.41) is 0. The molecule has 1 saturated heterocycles. The molecule has 0 N–H and O–H groups in total. The molecule has 4 aromatic rings. The topological polar surface area (TPSA) is 36.7 Å². The first-order valence-corrected chi connectivity index (χ1v) is 9.40. The van der Waals surface area contributed by atoms with Crippen LogP contribution in [0.5, 0.6) is 0 Å². The number of nitrogens with zero attached hydrogens (tertiary/aromatic N) is 5. The van der Waals surface area contributed by atoms with Crippen LogP contribution in [0.4, 0.5) is 5.69 Å². The fourth-order valence-corrected chi connectivity index (χ4v) is 4.30. The minimum atomic E-state index is 0.878. The van der Waals surface area contributed by atoms with Crippen molar-refractivity contribution in [2.75, 3.05) is 31.1 Å². The van der Waals surface area contributed by atoms with Gasteiger partial charge in [0, 0.05) is 43.4 Å². The van der Waals surface area contributed by atoms with E-state index in [-0.39, 0.29) is 0 Å². The first-order valence-electron chi connectivity index (χ1n) is 8.62. The zero-order valence-corrected chi connectivity index (χ0v) is 14.7. The van der Waals surface area contributed by atoms with E-state index in [9.17, 15) is 0 Å². The molecule has 0 atom stereocenters. The number of rotatable bonds is 3. The molecule has 1 aliphatic heterocycles. The highest BCUT2D eigenvalue weighted by Crippen LogP contribution is 2.22. The third-order valence-electron chi connectivity index (χ3n) is 4.88. The molecule has 0 spiro atoms. The lowest BCUT2D eigenvalue weighted by atomic mass is 10.2. The van der Waals surface area contributed by atoms with Gasteiger partial charge in [0.05, 0.1) is 17.6 Å². The van der Waals surface area contributed by atoms with E-state index in [1.807, 2.05) is 6.07 Å². The van der Waals surface area contributed by atoms with E-state index < -0.39 is 0 Å². The quantitative estimate of drug-likeness (QED) is 0.569. The Balaban J connectivity index is 1.34. The maximum absolute atomic E-state index is 4.67. The Morgan fingerprint density at radius 3 is 2.48 bits per heavy atom. The second-order valence-corrected chi connectivity index (χ2v) is 7.15. The molecule has 3 heterocycles. The molecule has 126 valence electrons. The molecule has 1 fully saturated rings. The number of aromatic nitrogens is 3. The van der Waals surface area contributed by atoms with Gasteiger partial charge < -0.3 is 4.90 Å². The minimum Gasteiger partial charge on any atom is -0.369 e. The van der Waals surface area contributed by atoms with Crippen LogP contribution in [0.3, 0.4) is 0 Å². The summed E-state index contributed by atoms with van der Waals surface area (Å²) in [5.41, 5.74) is 3.52. The summed E-state index contributed by atoms with van der Waals surface area (Å²) in [6.07, 6.45) is 0. The Bertz CT molecular complexity index is 998. The van der Waals surface area contributed by atoms with Gasteiger partial charge in [-0.25, -0.2) is 4.98 Å². The summed E-state index contributed by atoms with van der Waals surface area (Å²) >= 11 is 1.49. The van der Waals surface area contributed by atoms with E-state index in [4.69, 9.17) is 0 Å². The van der Waals surface area contributed by atoms with Crippen LogP contribution in [0.2, 0.25) is 0 Å². The standard InChI is InChI=1S/C19H19N5S/c1-2-6-15(7-3-1)23-12-10-22(11-13-23)14-18-21-25-19-20-16-8-4-5-9-17(16)24(18)19/h1-9H,10-14H2. The number of hydrogen-bond donors (Lipinski definition) is 0. The molecule has 1 aliphatic rings. The number of piperazine rings is 1. The number of hydrogen-bond acceptors (Lipinski definition) is 5. The molecule has 6 heteroatoms. The SMILES string of the molecule is c1ccc(N2CCN(Cc3nsc4nc5ccccc5n34)CC2)cc1. The van der Waals surface area contributed by atoms with Crippen LogP contribution >= 0.6 is 11.5 Å². The van der Waals surface area contributed by atoms with E-state index in [2.05, 4.69) is 72.1 Å². The van der Waals surface area contributed by atoms with E-state index in [0.29, 0.717) is 0 Å². The molecule has 25 heavy (non-hydrogen) atoms. The van der Waals surface area contributed by atoms with Crippen molar-refractivity contribution < 1.29 is 0 Å². The van der Waals surface area contributed by atoms with Gasteiger partial charge in [-0.15, -0.1) is 0 Å². The fraction of sp³-hybridized carbons (Fsp3) is 0.263. The van der Waals surface area contributed by atoms with Gasteiger partial charge in [0.15, 0.2) is 0 Å². The molecule has 5 nitrogen and oxygen atoms in total. The van der Waals surface area contributed by atoms with Gasteiger partial charge in [0.2, 0.25) is 4.96 Å². The van der Waals surface area contributed by atoms with Crippen LogP contribution in [0.1, 0.15) is 5.82 Å². The molecule has 0 radical (unpaired) electrons. The van der Waals surface area contributed by atoms with Gasteiger partial charge in [0.25, 0.3) is 0 Å². The highest BCUT2D eigenvalue weighted by Gasteiger charge is 2.20. The zero-order chi connectivity index (χ0) is 16.6. The first-order chi connectivity index (χ1) is 12.4. The fourth-order valence-electron chi connectivity index (χ4n) is 3.55. The van der Waals surface area contributed by atoms with Crippen LogP contribution in [-0.4, -0.2) is 44.8 Å². The molecule has 0 saturated carbocycles. The summed E-state index contributed by atoms with van der Waals surface area (Å²) < 4.78 is 6.88. The summed E-state index contributed by atoms with van der Waals surface area (Å²) in [6, 6.07) is 19.0. The zero-order valence-electron chi connectivity index (χ0n) is 13.9. The van der Waals surface area contributed by atoms with Crippen LogP contribution in [-0.2, 0) is 6.54 Å². The van der Waals surface area contributed by atoms with E-state index >= 15 is 0 Å². The third kappa shape index (κ3) is 2.67. The largest absolute Gasteiger partial charge is 0.369 e. The summed E-state index contributed by atoms with van der Waals surface area (Å²) in [6.45, 7) is 5.11. The summed E-state index contributed by atoms with van der Waals surface area (Å²) in [5.74, 6) is 1.10. The van der Waals surface area contributed by atoms with E-state index in [0.717, 1.165) is 54.5 Å². The summed E-state index contributed by atoms with van der Waals surface area (Å²) in [7, 11) is 0. The number of benzene rings is 2. The number of para-hydroxylation sites is 3. The van der Waals surface area contributed by atoms with Gasteiger partial charge >= 0.3 is 0 Å². The van der Waals surface area contributed by atoms with Crippen molar-refractivity contribution in [3.8, 4) is 0 Å². The first kappa shape index (κ1) is 14.9. The number of anilines is 1. The van der Waals surface area contributed by atoms with Gasteiger partial charge in [-0.05, 0) is 24.3 Å². The van der Waals surface area contributed by atoms with Gasteiger partial charge in [-0.2, -0.15) is 4.37 Å². The Kier molecular flexibility index (Phi) is 3.64. The average molecular weight is 349 g/mol. The Hall–Kier alpha value is -2.44. The highest BCUT2D eigenvalue weighted by molar-refractivity contribution is 7.11. The predicted octanol–water partition coefficient (Wildman–Crippen LogP) is 3.27. The molecule has 2 aromatic heterocycles. The Morgan fingerprint density at radius 2 is 1.64 bits per heavy atom. The molecule has 0 amide bonds. The average Bonchev–Trinajstić information content (AvgIpc) is 3.23. The van der Waals surface area contributed by atoms with Crippen molar-refractivity contribution in [3.63, 3.8) is 0 Å². The van der Waals surface area contributed by atoms with Crippen molar-refractivity contribution in [2.45, 2.75) is 6.54 Å². The molecule has 5 rings (SSSR count). The second kappa shape index (κ2) is 6.13. The maximum atomic E-state index is 4.67. The van der Waals surface area contributed by atoms with Crippen LogP contribution < -0.4 is 4.90 Å². The van der Waals surface area contributed by atoms with Crippen molar-refractivity contribution >= 4 is 33.2 Å². The molecular weight excluding hydrogens is 330 g/mol. The Morgan fingerprint density at radius 1 is 0.880 bits per heavy atom. The lowest BCUT2D eigenvalue weighted by molar-refractivity contribution is 0.244. The molecule has 0 bridgehead atoms. The van der Waals surface area contributed by atoms with Crippen LogP contribution in [0, 0.1) is 0 Å². The van der Waals surface area contributed by atoms with Crippen molar-refractivity contribution in [2.24, 2.45) is 0 Å². The van der Waals surface area contributed by atoms with E-state index in [1.165, 1.54) is 17.2 Å². The molecular formula is C19H19N5S. The van der Waals surface area contributed by atoms with Crippen molar-refractivity contribution in [3.05, 3.63) is 60.4 Å². The van der Waals surface area contributed by atoms with E-state index in [1.54, 1.807) is 0 Å². The number of imidazole rings is 1. The van der Waals surface area contributed by atoms with Crippen LogP contribution in [0.25, 0.3) is 16.0 Å². The second-order valence-electron chi connectivity index (χ2n) is 6.42. The molecule has 2 aromatic carbocycles. The minimum absolute atomic E-state index is 0.878. The lowest BCUT2D eigenvalue weighted by Crippen LogP contribution is -2.46. The van der Waals surface area contributed by atoms with Gasteiger partial charge in [0.1, 0.15) is 5.82 Å². The van der Waals surface area contributed by atoms with Crippen LogP contribution in [0.15, 0.2) is 54.6 Å². The normalized spacial score (nSPS) is 16.1.